The molecule has 0 aromatic heterocycles. The highest BCUT2D eigenvalue weighted by Crippen LogP contribution is 2.33. The lowest BCUT2D eigenvalue weighted by molar-refractivity contribution is -0.0292. The maximum Gasteiger partial charge on any atom is 0.0580 e. The van der Waals surface area contributed by atoms with E-state index in [4.69, 9.17) is 10.6 Å². The van der Waals surface area contributed by atoms with Crippen molar-refractivity contribution in [2.75, 3.05) is 6.61 Å². The van der Waals surface area contributed by atoms with Crippen LogP contribution < -0.4 is 11.3 Å². The molecule has 1 saturated carbocycles. The molecule has 3 heteroatoms. The largest absolute Gasteiger partial charge is 0.378 e. The Morgan fingerprint density at radius 1 is 1.43 bits per heavy atom. The summed E-state index contributed by atoms with van der Waals surface area (Å²) in [6.07, 6.45) is 6.60. The molecular formula is C11H24N2O. The van der Waals surface area contributed by atoms with Crippen LogP contribution in [0.3, 0.4) is 0 Å². The summed E-state index contributed by atoms with van der Waals surface area (Å²) in [6, 6.07) is 0.507. The van der Waals surface area contributed by atoms with E-state index in [0.29, 0.717) is 12.1 Å². The Kier molecular flexibility index (Phi) is 5.45. The molecule has 0 radical (unpaired) electrons. The minimum absolute atomic E-state index is 0.507. The molecule has 0 aliphatic heterocycles. The Bertz CT molecular complexity index is 146. The topological polar surface area (TPSA) is 47.3 Å². The minimum atomic E-state index is 0.507. The minimum Gasteiger partial charge on any atom is -0.378 e. The van der Waals surface area contributed by atoms with Crippen molar-refractivity contribution in [1.82, 2.24) is 5.43 Å². The van der Waals surface area contributed by atoms with Crippen molar-refractivity contribution in [3.63, 3.8) is 0 Å². The molecule has 1 fully saturated rings. The molecule has 1 aliphatic rings. The van der Waals surface area contributed by atoms with Crippen molar-refractivity contribution in [3.05, 3.63) is 0 Å². The van der Waals surface area contributed by atoms with Crippen molar-refractivity contribution >= 4 is 0 Å². The maximum absolute atomic E-state index is 5.53. The van der Waals surface area contributed by atoms with E-state index in [0.717, 1.165) is 12.5 Å². The molecule has 1 unspecified atom stereocenters. The molecule has 3 nitrogen and oxygen atoms in total. The van der Waals surface area contributed by atoms with Gasteiger partial charge in [-0.05, 0) is 38.5 Å². The lowest BCUT2D eigenvalue weighted by atomic mass is 9.78. The predicted octanol–water partition coefficient (Wildman–Crippen LogP) is 1.82. The first-order chi connectivity index (χ1) is 6.80. The SMILES string of the molecule is CCCC(CC1CC(OCC)C1)NN. The van der Waals surface area contributed by atoms with E-state index in [1.165, 1.54) is 32.1 Å². The van der Waals surface area contributed by atoms with Crippen LogP contribution >= 0.6 is 0 Å². The first kappa shape index (κ1) is 12.0. The van der Waals surface area contributed by atoms with Crippen molar-refractivity contribution in [1.29, 1.82) is 0 Å². The Labute approximate surface area is 87.4 Å². The lowest BCUT2D eigenvalue weighted by Crippen LogP contribution is -2.40. The zero-order valence-corrected chi connectivity index (χ0v) is 9.46. The molecule has 0 bridgehead atoms. The van der Waals surface area contributed by atoms with E-state index < -0.39 is 0 Å². The first-order valence-electron chi connectivity index (χ1n) is 5.87. The molecule has 84 valence electrons. The average molecular weight is 200 g/mol. The molecule has 14 heavy (non-hydrogen) atoms. The van der Waals surface area contributed by atoms with Gasteiger partial charge in [-0.25, -0.2) is 0 Å². The second kappa shape index (κ2) is 6.38. The van der Waals surface area contributed by atoms with Gasteiger partial charge in [-0.2, -0.15) is 0 Å². The van der Waals surface area contributed by atoms with Crippen LogP contribution in [0.1, 0.15) is 46.0 Å². The fraction of sp³-hybridized carbons (Fsp3) is 1.00. The van der Waals surface area contributed by atoms with Gasteiger partial charge in [0.2, 0.25) is 0 Å². The van der Waals surface area contributed by atoms with Gasteiger partial charge >= 0.3 is 0 Å². The van der Waals surface area contributed by atoms with Gasteiger partial charge in [0.15, 0.2) is 0 Å². The molecule has 1 aliphatic carbocycles. The summed E-state index contributed by atoms with van der Waals surface area (Å²) in [4.78, 5) is 0. The number of hydrogen-bond donors (Lipinski definition) is 2. The summed E-state index contributed by atoms with van der Waals surface area (Å²) in [5.41, 5.74) is 2.91. The van der Waals surface area contributed by atoms with Gasteiger partial charge in [0.05, 0.1) is 6.10 Å². The molecular weight excluding hydrogens is 176 g/mol. The number of nitrogens with one attached hydrogen (secondary N) is 1. The van der Waals surface area contributed by atoms with Crippen LogP contribution in [0.2, 0.25) is 0 Å². The smallest absolute Gasteiger partial charge is 0.0580 e. The van der Waals surface area contributed by atoms with E-state index in [9.17, 15) is 0 Å². The fourth-order valence-corrected chi connectivity index (χ4v) is 2.26. The summed E-state index contributed by atoms with van der Waals surface area (Å²) in [7, 11) is 0. The number of nitrogens with two attached hydrogens (primary N) is 1. The van der Waals surface area contributed by atoms with Crippen LogP contribution in [0.5, 0.6) is 0 Å². The zero-order valence-electron chi connectivity index (χ0n) is 9.46. The molecule has 0 spiro atoms. The monoisotopic (exact) mass is 200 g/mol. The third-order valence-corrected chi connectivity index (χ3v) is 3.09. The van der Waals surface area contributed by atoms with Crippen molar-refractivity contribution < 1.29 is 4.74 Å². The quantitative estimate of drug-likeness (QED) is 0.487. The lowest BCUT2D eigenvalue weighted by Gasteiger charge is -2.36. The maximum atomic E-state index is 5.53. The second-order valence-corrected chi connectivity index (χ2v) is 4.30. The van der Waals surface area contributed by atoms with E-state index in [1.807, 2.05) is 0 Å². The molecule has 1 rings (SSSR count). The highest BCUT2D eigenvalue weighted by molar-refractivity contribution is 4.83. The van der Waals surface area contributed by atoms with Crippen LogP contribution in [0, 0.1) is 5.92 Å². The number of ether oxygens (including phenoxy) is 1. The summed E-state index contributed by atoms with van der Waals surface area (Å²) >= 11 is 0. The number of hydrazine groups is 1. The Hall–Kier alpha value is -0.120. The Morgan fingerprint density at radius 3 is 2.64 bits per heavy atom. The number of hydrogen-bond acceptors (Lipinski definition) is 3. The number of rotatable bonds is 7. The Morgan fingerprint density at radius 2 is 2.14 bits per heavy atom. The van der Waals surface area contributed by atoms with Crippen molar-refractivity contribution in [2.45, 2.75) is 58.1 Å². The fourth-order valence-electron chi connectivity index (χ4n) is 2.26. The van der Waals surface area contributed by atoms with Gasteiger partial charge < -0.3 is 4.74 Å². The summed E-state index contributed by atoms with van der Waals surface area (Å²) in [5.74, 6) is 6.33. The standard InChI is InChI=1S/C11H24N2O/c1-3-5-10(13-12)6-9-7-11(8-9)14-4-2/h9-11,13H,3-8,12H2,1-2H3. The van der Waals surface area contributed by atoms with E-state index in [-0.39, 0.29) is 0 Å². The van der Waals surface area contributed by atoms with E-state index >= 15 is 0 Å². The van der Waals surface area contributed by atoms with Crippen LogP contribution in [0.25, 0.3) is 0 Å². The highest BCUT2D eigenvalue weighted by Gasteiger charge is 2.30. The molecule has 0 saturated heterocycles. The third kappa shape index (κ3) is 3.56. The Balaban J connectivity index is 2.08. The van der Waals surface area contributed by atoms with Crippen LogP contribution in [0.4, 0.5) is 0 Å². The van der Waals surface area contributed by atoms with E-state index in [1.54, 1.807) is 0 Å². The van der Waals surface area contributed by atoms with Crippen LogP contribution in [-0.4, -0.2) is 18.8 Å². The zero-order chi connectivity index (χ0) is 10.4. The highest BCUT2D eigenvalue weighted by atomic mass is 16.5. The molecule has 0 heterocycles. The van der Waals surface area contributed by atoms with E-state index in [2.05, 4.69) is 19.3 Å². The summed E-state index contributed by atoms with van der Waals surface area (Å²) in [5, 5.41) is 0. The van der Waals surface area contributed by atoms with Gasteiger partial charge in [-0.15, -0.1) is 0 Å². The van der Waals surface area contributed by atoms with Crippen molar-refractivity contribution in [2.24, 2.45) is 11.8 Å². The van der Waals surface area contributed by atoms with Crippen molar-refractivity contribution in [3.8, 4) is 0 Å². The van der Waals surface area contributed by atoms with Crippen LogP contribution in [0.15, 0.2) is 0 Å². The summed E-state index contributed by atoms with van der Waals surface area (Å²) < 4.78 is 5.53. The molecule has 3 N–H and O–H groups in total. The molecule has 0 amide bonds. The normalized spacial score (nSPS) is 28.5. The average Bonchev–Trinajstić information content (AvgIpc) is 2.13. The molecule has 0 aromatic rings. The van der Waals surface area contributed by atoms with Crippen LogP contribution in [-0.2, 0) is 4.74 Å². The summed E-state index contributed by atoms with van der Waals surface area (Å²) in [6.45, 7) is 5.12. The first-order valence-corrected chi connectivity index (χ1v) is 5.87. The second-order valence-electron chi connectivity index (χ2n) is 4.30. The van der Waals surface area contributed by atoms with Gasteiger partial charge in [0.25, 0.3) is 0 Å². The molecule has 0 aromatic carbocycles. The van der Waals surface area contributed by atoms with Gasteiger partial charge in [-0.3, -0.25) is 11.3 Å². The van der Waals surface area contributed by atoms with Gasteiger partial charge in [0.1, 0.15) is 0 Å². The van der Waals surface area contributed by atoms with Gasteiger partial charge in [-0.1, -0.05) is 13.3 Å². The van der Waals surface area contributed by atoms with Gasteiger partial charge in [0, 0.05) is 12.6 Å². The predicted molar refractivity (Wildman–Crippen MR) is 58.8 cm³/mol. The third-order valence-electron chi connectivity index (χ3n) is 3.09. The molecule has 1 atom stereocenters.